The molecule has 0 aliphatic heterocycles. The molecule has 0 unspecified atom stereocenters. The molecule has 0 saturated carbocycles. The lowest BCUT2D eigenvalue weighted by molar-refractivity contribution is 0.481. The van der Waals surface area contributed by atoms with Crippen LogP contribution in [0.4, 0.5) is 0 Å². The molecule has 0 N–H and O–H groups in total. The van der Waals surface area contributed by atoms with E-state index in [0.29, 0.717) is 0 Å². The summed E-state index contributed by atoms with van der Waals surface area (Å²) in [6.45, 7) is 0. The fraction of sp³-hybridized carbons (Fsp3) is 0. The van der Waals surface area contributed by atoms with E-state index in [4.69, 9.17) is 4.74 Å². The summed E-state index contributed by atoms with van der Waals surface area (Å²) in [5, 5.41) is 0. The van der Waals surface area contributed by atoms with E-state index >= 15 is 0 Å². The second-order valence-corrected chi connectivity index (χ2v) is 7.13. The number of benzene rings is 4. The van der Waals surface area contributed by atoms with E-state index < -0.39 is 0 Å². The molecular weight excluding hydrogens is 408 g/mol. The number of para-hydroxylation sites is 2. The van der Waals surface area contributed by atoms with Crippen molar-refractivity contribution >= 4 is 26.0 Å². The standard InChI is InChI=1S/C26H19BrO/c27-26(21-14-6-2-7-15-21)25(20-12-4-1-5-13-20)23-18-10-11-19-24(23)28-22-16-8-3-9-17-22/h1-19H/b26-25-. The van der Waals surface area contributed by atoms with Gasteiger partial charge in [0.05, 0.1) is 0 Å². The van der Waals surface area contributed by atoms with Crippen molar-refractivity contribution in [1.29, 1.82) is 0 Å². The molecule has 136 valence electrons. The highest BCUT2D eigenvalue weighted by Crippen LogP contribution is 2.40. The van der Waals surface area contributed by atoms with Crippen LogP contribution in [0.1, 0.15) is 16.7 Å². The molecule has 0 spiro atoms. The van der Waals surface area contributed by atoms with Crippen LogP contribution < -0.4 is 4.74 Å². The minimum Gasteiger partial charge on any atom is -0.457 e. The van der Waals surface area contributed by atoms with Crippen molar-refractivity contribution < 1.29 is 4.74 Å². The first-order valence-corrected chi connectivity index (χ1v) is 9.95. The molecule has 28 heavy (non-hydrogen) atoms. The maximum absolute atomic E-state index is 6.24. The van der Waals surface area contributed by atoms with E-state index in [2.05, 4.69) is 58.4 Å². The maximum Gasteiger partial charge on any atom is 0.135 e. The van der Waals surface area contributed by atoms with Gasteiger partial charge in [0, 0.05) is 15.6 Å². The molecule has 0 fully saturated rings. The van der Waals surface area contributed by atoms with Crippen LogP contribution in [0.2, 0.25) is 0 Å². The van der Waals surface area contributed by atoms with Gasteiger partial charge in [0.25, 0.3) is 0 Å². The number of hydrogen-bond donors (Lipinski definition) is 0. The summed E-state index contributed by atoms with van der Waals surface area (Å²) in [4.78, 5) is 0. The second-order valence-electron chi connectivity index (χ2n) is 6.33. The molecule has 1 nitrogen and oxygen atoms in total. The van der Waals surface area contributed by atoms with Crippen LogP contribution in [0.25, 0.3) is 10.1 Å². The fourth-order valence-corrected chi connectivity index (χ4v) is 3.82. The largest absolute Gasteiger partial charge is 0.457 e. The van der Waals surface area contributed by atoms with Crippen molar-refractivity contribution in [1.82, 2.24) is 0 Å². The second kappa shape index (κ2) is 8.73. The van der Waals surface area contributed by atoms with Crippen LogP contribution in [0.5, 0.6) is 11.5 Å². The Morgan fingerprint density at radius 1 is 0.536 bits per heavy atom. The fourth-order valence-electron chi connectivity index (χ4n) is 3.11. The highest BCUT2D eigenvalue weighted by molar-refractivity contribution is 9.15. The minimum atomic E-state index is 0.818. The van der Waals surface area contributed by atoms with Gasteiger partial charge in [-0.25, -0.2) is 0 Å². The van der Waals surface area contributed by atoms with Crippen molar-refractivity contribution in [2.24, 2.45) is 0 Å². The third-order valence-electron chi connectivity index (χ3n) is 4.44. The molecule has 4 aromatic rings. The van der Waals surface area contributed by atoms with E-state index in [0.717, 1.165) is 38.2 Å². The Balaban J connectivity index is 1.89. The van der Waals surface area contributed by atoms with Gasteiger partial charge in [-0.1, -0.05) is 97.1 Å². The van der Waals surface area contributed by atoms with Gasteiger partial charge in [0.1, 0.15) is 11.5 Å². The van der Waals surface area contributed by atoms with Crippen LogP contribution in [0.3, 0.4) is 0 Å². The first kappa shape index (κ1) is 18.3. The summed E-state index contributed by atoms with van der Waals surface area (Å²) in [5.74, 6) is 1.64. The summed E-state index contributed by atoms with van der Waals surface area (Å²) in [7, 11) is 0. The molecular formula is C26H19BrO. The maximum atomic E-state index is 6.24. The summed E-state index contributed by atoms with van der Waals surface area (Å²) < 4.78 is 7.27. The van der Waals surface area contributed by atoms with Crippen molar-refractivity contribution in [3.05, 3.63) is 132 Å². The monoisotopic (exact) mass is 426 g/mol. The predicted octanol–water partition coefficient (Wildman–Crippen LogP) is 7.79. The number of rotatable bonds is 5. The minimum absolute atomic E-state index is 0.818. The lowest BCUT2D eigenvalue weighted by Crippen LogP contribution is -1.95. The lowest BCUT2D eigenvalue weighted by atomic mass is 9.95. The third kappa shape index (κ3) is 4.08. The smallest absolute Gasteiger partial charge is 0.135 e. The van der Waals surface area contributed by atoms with Gasteiger partial charge in [0.15, 0.2) is 0 Å². The Bertz CT molecular complexity index is 1070. The Kier molecular flexibility index (Phi) is 5.69. The molecule has 0 bridgehead atoms. The molecule has 0 amide bonds. The van der Waals surface area contributed by atoms with Gasteiger partial charge in [-0.15, -0.1) is 0 Å². The van der Waals surface area contributed by atoms with Gasteiger partial charge >= 0.3 is 0 Å². The SMILES string of the molecule is Br/C(=C(/c1ccccc1)c1ccccc1Oc1ccccc1)c1ccccc1. The number of ether oxygens (including phenoxy) is 1. The van der Waals surface area contributed by atoms with Crippen molar-refractivity contribution in [2.45, 2.75) is 0 Å². The Labute approximate surface area is 174 Å². The van der Waals surface area contributed by atoms with E-state index in [1.165, 1.54) is 0 Å². The summed E-state index contributed by atoms with van der Waals surface area (Å²) in [5.41, 5.74) is 4.38. The highest BCUT2D eigenvalue weighted by Gasteiger charge is 2.16. The molecule has 0 saturated heterocycles. The quantitative estimate of drug-likeness (QED) is 0.296. The Morgan fingerprint density at radius 2 is 1.04 bits per heavy atom. The van der Waals surface area contributed by atoms with E-state index in [1.807, 2.05) is 72.8 Å². The summed E-state index contributed by atoms with van der Waals surface area (Å²) in [6, 6.07) is 38.8. The predicted molar refractivity (Wildman–Crippen MR) is 121 cm³/mol. The van der Waals surface area contributed by atoms with Crippen LogP contribution in [-0.2, 0) is 0 Å². The number of halogens is 1. The number of hydrogen-bond acceptors (Lipinski definition) is 1. The third-order valence-corrected chi connectivity index (χ3v) is 5.29. The van der Waals surface area contributed by atoms with E-state index in [-0.39, 0.29) is 0 Å². The zero-order chi connectivity index (χ0) is 19.2. The lowest BCUT2D eigenvalue weighted by Gasteiger charge is -2.17. The van der Waals surface area contributed by atoms with Gasteiger partial charge in [0.2, 0.25) is 0 Å². The first-order valence-electron chi connectivity index (χ1n) is 9.16. The highest BCUT2D eigenvalue weighted by atomic mass is 79.9. The van der Waals surface area contributed by atoms with Crippen LogP contribution >= 0.6 is 15.9 Å². The first-order chi connectivity index (χ1) is 13.8. The molecule has 0 aliphatic rings. The average molecular weight is 427 g/mol. The zero-order valence-corrected chi connectivity index (χ0v) is 16.8. The van der Waals surface area contributed by atoms with Crippen molar-refractivity contribution in [2.75, 3.05) is 0 Å². The molecule has 2 heteroatoms. The zero-order valence-electron chi connectivity index (χ0n) is 15.3. The van der Waals surface area contributed by atoms with Crippen LogP contribution in [0.15, 0.2) is 115 Å². The van der Waals surface area contributed by atoms with E-state index in [1.54, 1.807) is 0 Å². The molecule has 0 heterocycles. The molecule has 0 aromatic heterocycles. The van der Waals surface area contributed by atoms with Gasteiger partial charge in [-0.05, 0) is 45.3 Å². The van der Waals surface area contributed by atoms with Crippen LogP contribution in [-0.4, -0.2) is 0 Å². The van der Waals surface area contributed by atoms with Crippen molar-refractivity contribution in [3.63, 3.8) is 0 Å². The summed E-state index contributed by atoms with van der Waals surface area (Å²) in [6.07, 6.45) is 0. The van der Waals surface area contributed by atoms with Crippen molar-refractivity contribution in [3.8, 4) is 11.5 Å². The van der Waals surface area contributed by atoms with Gasteiger partial charge in [-0.2, -0.15) is 0 Å². The topological polar surface area (TPSA) is 9.23 Å². The Hall–Kier alpha value is -3.10. The van der Waals surface area contributed by atoms with Gasteiger partial charge in [-0.3, -0.25) is 0 Å². The molecule has 4 aromatic carbocycles. The molecule has 4 rings (SSSR count). The van der Waals surface area contributed by atoms with E-state index in [9.17, 15) is 0 Å². The molecule has 0 aliphatic carbocycles. The van der Waals surface area contributed by atoms with Crippen LogP contribution in [0, 0.1) is 0 Å². The average Bonchev–Trinajstić information content (AvgIpc) is 2.77. The molecule has 0 atom stereocenters. The Morgan fingerprint density at radius 3 is 1.68 bits per heavy atom. The molecule has 0 radical (unpaired) electrons. The summed E-state index contributed by atoms with van der Waals surface area (Å²) >= 11 is 3.87. The van der Waals surface area contributed by atoms with Gasteiger partial charge < -0.3 is 4.74 Å². The normalized spacial score (nSPS) is 11.6.